The van der Waals surface area contributed by atoms with E-state index in [1.165, 1.54) is 13.1 Å². The van der Waals surface area contributed by atoms with Gasteiger partial charge < -0.3 is 10.6 Å². The number of nitrogens with one attached hydrogen (secondary N) is 2. The first-order valence-corrected chi connectivity index (χ1v) is 10.7. The molecule has 0 fully saturated rings. The SMILES string of the molecule is CC[C@@H](C)NC(=O)c1ccccc1NC(=O)c1cccc(N(C)S(C)(=O)=O)c1. The summed E-state index contributed by atoms with van der Waals surface area (Å²) in [6, 6.07) is 13.0. The number of amides is 2. The van der Waals surface area contributed by atoms with E-state index in [4.69, 9.17) is 0 Å². The van der Waals surface area contributed by atoms with Gasteiger partial charge in [-0.15, -0.1) is 0 Å². The fraction of sp³-hybridized carbons (Fsp3) is 0.300. The third-order valence-corrected chi connectivity index (χ3v) is 5.58. The Kier molecular flexibility index (Phi) is 6.80. The number of carbonyl (C=O) groups is 2. The monoisotopic (exact) mass is 403 g/mol. The standard InChI is InChI=1S/C20H25N3O4S/c1-5-14(2)21-20(25)17-11-6-7-12-18(17)22-19(24)15-9-8-10-16(13-15)23(3)28(4,26)27/h6-14H,5H2,1-4H3,(H,21,25)(H,22,24)/t14-/m1/s1. The molecular weight excluding hydrogens is 378 g/mol. The topological polar surface area (TPSA) is 95.6 Å². The molecule has 0 aliphatic rings. The van der Waals surface area contributed by atoms with Gasteiger partial charge in [0, 0.05) is 18.7 Å². The first-order valence-electron chi connectivity index (χ1n) is 8.88. The number of benzene rings is 2. The Hall–Kier alpha value is -2.87. The maximum Gasteiger partial charge on any atom is 0.255 e. The van der Waals surface area contributed by atoms with Gasteiger partial charge in [0.25, 0.3) is 11.8 Å². The van der Waals surface area contributed by atoms with Crippen molar-refractivity contribution in [3.8, 4) is 0 Å². The van der Waals surface area contributed by atoms with Crippen LogP contribution < -0.4 is 14.9 Å². The second-order valence-corrected chi connectivity index (χ2v) is 8.58. The van der Waals surface area contributed by atoms with Crippen LogP contribution in [-0.2, 0) is 10.0 Å². The molecule has 0 spiro atoms. The van der Waals surface area contributed by atoms with Gasteiger partial charge in [-0.2, -0.15) is 0 Å². The summed E-state index contributed by atoms with van der Waals surface area (Å²) in [7, 11) is -2.02. The van der Waals surface area contributed by atoms with E-state index in [2.05, 4.69) is 10.6 Å². The smallest absolute Gasteiger partial charge is 0.255 e. The molecule has 0 saturated heterocycles. The quantitative estimate of drug-likeness (QED) is 0.743. The van der Waals surface area contributed by atoms with Crippen LogP contribution >= 0.6 is 0 Å². The second-order valence-electron chi connectivity index (χ2n) is 6.56. The Morgan fingerprint density at radius 3 is 2.39 bits per heavy atom. The van der Waals surface area contributed by atoms with Gasteiger partial charge >= 0.3 is 0 Å². The molecule has 2 aromatic rings. The highest BCUT2D eigenvalue weighted by molar-refractivity contribution is 7.92. The average Bonchev–Trinajstić information content (AvgIpc) is 2.66. The number of rotatable bonds is 7. The highest BCUT2D eigenvalue weighted by atomic mass is 32.2. The number of carbonyl (C=O) groups excluding carboxylic acids is 2. The van der Waals surface area contributed by atoms with Crippen molar-refractivity contribution in [1.82, 2.24) is 5.32 Å². The molecule has 0 unspecified atom stereocenters. The number of sulfonamides is 1. The highest BCUT2D eigenvalue weighted by Gasteiger charge is 2.17. The number of hydrogen-bond donors (Lipinski definition) is 2. The van der Waals surface area contributed by atoms with E-state index in [0.717, 1.165) is 17.0 Å². The van der Waals surface area contributed by atoms with Gasteiger partial charge in [-0.1, -0.05) is 25.1 Å². The minimum atomic E-state index is -3.44. The molecule has 8 heteroatoms. The van der Waals surface area contributed by atoms with Crippen molar-refractivity contribution >= 4 is 33.2 Å². The van der Waals surface area contributed by atoms with E-state index >= 15 is 0 Å². The lowest BCUT2D eigenvalue weighted by molar-refractivity contribution is 0.0940. The Morgan fingerprint density at radius 2 is 1.75 bits per heavy atom. The van der Waals surface area contributed by atoms with Crippen LogP contribution in [0.25, 0.3) is 0 Å². The van der Waals surface area contributed by atoms with Gasteiger partial charge in [0.1, 0.15) is 0 Å². The van der Waals surface area contributed by atoms with Gasteiger partial charge in [0.15, 0.2) is 0 Å². The van der Waals surface area contributed by atoms with Crippen molar-refractivity contribution in [3.05, 3.63) is 59.7 Å². The summed E-state index contributed by atoms with van der Waals surface area (Å²) >= 11 is 0. The Labute approximate surface area is 165 Å². The Balaban J connectivity index is 2.26. The molecule has 0 aromatic heterocycles. The van der Waals surface area contributed by atoms with Crippen molar-refractivity contribution in [1.29, 1.82) is 0 Å². The fourth-order valence-electron chi connectivity index (χ4n) is 2.42. The van der Waals surface area contributed by atoms with Gasteiger partial charge in [-0.05, 0) is 43.7 Å². The summed E-state index contributed by atoms with van der Waals surface area (Å²) < 4.78 is 24.5. The maximum atomic E-state index is 12.7. The largest absolute Gasteiger partial charge is 0.350 e. The summed E-state index contributed by atoms with van der Waals surface area (Å²) in [4.78, 5) is 25.2. The number of para-hydroxylation sites is 1. The fourth-order valence-corrected chi connectivity index (χ4v) is 2.92. The molecule has 150 valence electrons. The first-order chi connectivity index (χ1) is 13.1. The van der Waals surface area contributed by atoms with E-state index in [1.54, 1.807) is 42.5 Å². The van der Waals surface area contributed by atoms with Gasteiger partial charge in [0.05, 0.1) is 23.2 Å². The normalized spacial score (nSPS) is 12.1. The third kappa shape index (κ3) is 5.32. The molecule has 7 nitrogen and oxygen atoms in total. The molecule has 0 radical (unpaired) electrons. The predicted molar refractivity (Wildman–Crippen MR) is 111 cm³/mol. The summed E-state index contributed by atoms with van der Waals surface area (Å²) in [5.41, 5.74) is 1.40. The van der Waals surface area contributed by atoms with Gasteiger partial charge in [0.2, 0.25) is 10.0 Å². The highest BCUT2D eigenvalue weighted by Crippen LogP contribution is 2.20. The van der Waals surface area contributed by atoms with E-state index in [1.807, 2.05) is 13.8 Å². The van der Waals surface area contributed by atoms with Crippen LogP contribution in [0.5, 0.6) is 0 Å². The van der Waals surface area contributed by atoms with Crippen LogP contribution in [-0.4, -0.2) is 39.6 Å². The molecule has 28 heavy (non-hydrogen) atoms. The molecule has 2 amide bonds. The Morgan fingerprint density at radius 1 is 1.07 bits per heavy atom. The van der Waals surface area contributed by atoms with Crippen LogP contribution in [0, 0.1) is 0 Å². The molecule has 0 saturated carbocycles. The van der Waals surface area contributed by atoms with Crippen LogP contribution in [0.1, 0.15) is 41.0 Å². The lowest BCUT2D eigenvalue weighted by atomic mass is 10.1. The van der Waals surface area contributed by atoms with Crippen molar-refractivity contribution in [2.45, 2.75) is 26.3 Å². The molecule has 2 aromatic carbocycles. The summed E-state index contributed by atoms with van der Waals surface area (Å²) in [6.45, 7) is 3.88. The van der Waals surface area contributed by atoms with Crippen molar-refractivity contribution < 1.29 is 18.0 Å². The van der Waals surface area contributed by atoms with Crippen molar-refractivity contribution in [2.24, 2.45) is 0 Å². The molecule has 0 aliphatic heterocycles. The van der Waals surface area contributed by atoms with Crippen LogP contribution in [0.3, 0.4) is 0 Å². The van der Waals surface area contributed by atoms with E-state index in [-0.39, 0.29) is 17.5 Å². The zero-order valence-corrected chi connectivity index (χ0v) is 17.2. The van der Waals surface area contributed by atoms with Crippen molar-refractivity contribution in [3.63, 3.8) is 0 Å². The number of nitrogens with zero attached hydrogens (tertiary/aromatic N) is 1. The first kappa shape index (κ1) is 21.4. The van der Waals surface area contributed by atoms with Crippen LogP contribution in [0.4, 0.5) is 11.4 Å². The average molecular weight is 404 g/mol. The predicted octanol–water partition coefficient (Wildman–Crippen LogP) is 2.86. The molecular formula is C20H25N3O4S. The minimum absolute atomic E-state index is 0.0134. The molecule has 0 aliphatic carbocycles. The van der Waals surface area contributed by atoms with Gasteiger partial charge in [-0.3, -0.25) is 13.9 Å². The number of hydrogen-bond acceptors (Lipinski definition) is 4. The van der Waals surface area contributed by atoms with E-state index in [9.17, 15) is 18.0 Å². The second kappa shape index (κ2) is 8.88. The summed E-state index contributed by atoms with van der Waals surface area (Å²) in [6.07, 6.45) is 1.88. The minimum Gasteiger partial charge on any atom is -0.350 e. The Bertz CT molecular complexity index is 973. The zero-order chi connectivity index (χ0) is 20.9. The van der Waals surface area contributed by atoms with E-state index < -0.39 is 15.9 Å². The van der Waals surface area contributed by atoms with Gasteiger partial charge in [-0.25, -0.2) is 8.42 Å². The van der Waals surface area contributed by atoms with Crippen LogP contribution in [0.2, 0.25) is 0 Å². The molecule has 1 atom stereocenters. The lowest BCUT2D eigenvalue weighted by Crippen LogP contribution is -2.32. The van der Waals surface area contributed by atoms with Crippen LogP contribution in [0.15, 0.2) is 48.5 Å². The van der Waals surface area contributed by atoms with Crippen molar-refractivity contribution in [2.75, 3.05) is 22.9 Å². The zero-order valence-electron chi connectivity index (χ0n) is 16.4. The molecule has 2 N–H and O–H groups in total. The van der Waals surface area contributed by atoms with E-state index in [0.29, 0.717) is 16.9 Å². The molecule has 2 rings (SSSR count). The third-order valence-electron chi connectivity index (χ3n) is 4.38. The summed E-state index contributed by atoms with van der Waals surface area (Å²) in [5, 5.41) is 5.61. The number of anilines is 2. The maximum absolute atomic E-state index is 12.7. The summed E-state index contributed by atoms with van der Waals surface area (Å²) in [5.74, 6) is -0.705. The molecule has 0 bridgehead atoms. The molecule has 0 heterocycles. The lowest BCUT2D eigenvalue weighted by Gasteiger charge is -2.17.